The van der Waals surface area contributed by atoms with E-state index in [2.05, 4.69) is 11.9 Å². The predicted octanol–water partition coefficient (Wildman–Crippen LogP) is 5.53. The normalized spacial score (nSPS) is 20.3. The molecule has 1 N–H and O–H groups in total. The number of rotatable bonds is 13. The smallest absolute Gasteiger partial charge is 0.309 e. The Bertz CT molecular complexity index is 1150. The summed E-state index contributed by atoms with van der Waals surface area (Å²) in [6, 6.07) is 4.40. The second kappa shape index (κ2) is 15.2. The monoisotopic (exact) mass is 568 g/mol. The third kappa shape index (κ3) is 9.20. The van der Waals surface area contributed by atoms with Crippen LogP contribution in [0.25, 0.3) is 0 Å². The third-order valence-corrected chi connectivity index (χ3v) is 7.81. The molecule has 0 saturated carbocycles. The molecule has 1 aromatic carbocycles. The topological polar surface area (TPSA) is 86.2 Å². The number of nitrogens with one attached hydrogen (secondary N) is 1. The number of hydrogen-bond acceptors (Lipinski definition) is 6. The largest absolute Gasteiger partial charge is 0.461 e. The summed E-state index contributed by atoms with van der Waals surface area (Å²) in [6.45, 7) is 15.6. The van der Waals surface area contributed by atoms with Gasteiger partial charge in [-0.15, -0.1) is 6.58 Å². The minimum atomic E-state index is -0.789. The molecule has 3 atom stereocenters. The molecule has 1 aliphatic carbocycles. The van der Waals surface area contributed by atoms with Gasteiger partial charge < -0.3 is 19.5 Å². The molecular weight excluding hydrogens is 523 g/mol. The van der Waals surface area contributed by atoms with Gasteiger partial charge in [0, 0.05) is 31.4 Å². The fourth-order valence-corrected chi connectivity index (χ4v) is 5.16. The van der Waals surface area contributed by atoms with Gasteiger partial charge in [-0.25, -0.2) is 4.39 Å². The van der Waals surface area contributed by atoms with Crippen molar-refractivity contribution in [2.75, 3.05) is 33.0 Å². The number of halogens is 1. The molecule has 0 spiro atoms. The van der Waals surface area contributed by atoms with Gasteiger partial charge in [-0.05, 0) is 81.4 Å². The van der Waals surface area contributed by atoms with E-state index >= 15 is 0 Å². The quantitative estimate of drug-likeness (QED) is 0.250. The minimum absolute atomic E-state index is 0.139. The van der Waals surface area contributed by atoms with Crippen LogP contribution in [0.3, 0.4) is 0 Å². The number of hydrogen-bond donors (Lipinski definition) is 1. The van der Waals surface area contributed by atoms with Gasteiger partial charge in [0.25, 0.3) is 0 Å². The third-order valence-electron chi connectivity index (χ3n) is 7.81. The first-order valence-corrected chi connectivity index (χ1v) is 14.5. The summed E-state index contributed by atoms with van der Waals surface area (Å²) in [6.07, 6.45) is 8.81. The molecule has 1 amide bonds. The number of aliphatic imine (C=N–C) groups is 1. The highest BCUT2D eigenvalue weighted by Crippen LogP contribution is 2.31. The lowest BCUT2D eigenvalue weighted by Gasteiger charge is -2.36. The Hall–Kier alpha value is -3.10. The summed E-state index contributed by atoms with van der Waals surface area (Å²) in [4.78, 5) is 30.8. The molecule has 1 aliphatic heterocycles. The molecule has 0 bridgehead atoms. The van der Waals surface area contributed by atoms with E-state index in [-0.39, 0.29) is 55.3 Å². The van der Waals surface area contributed by atoms with Crippen LogP contribution >= 0.6 is 0 Å². The molecule has 1 fully saturated rings. The van der Waals surface area contributed by atoms with Gasteiger partial charge in [-0.2, -0.15) is 0 Å². The zero-order valence-electron chi connectivity index (χ0n) is 25.1. The molecule has 2 unspecified atom stereocenters. The Morgan fingerprint density at radius 3 is 2.63 bits per heavy atom. The van der Waals surface area contributed by atoms with E-state index in [1.807, 2.05) is 58.9 Å². The highest BCUT2D eigenvalue weighted by Gasteiger charge is 2.36. The van der Waals surface area contributed by atoms with Gasteiger partial charge in [0.2, 0.25) is 5.91 Å². The van der Waals surface area contributed by atoms with Crippen molar-refractivity contribution in [2.24, 2.45) is 28.2 Å². The lowest BCUT2D eigenvalue weighted by atomic mass is 9.76. The van der Waals surface area contributed by atoms with E-state index < -0.39 is 11.5 Å². The van der Waals surface area contributed by atoms with Crippen molar-refractivity contribution in [3.63, 3.8) is 0 Å². The number of aryl methyl sites for hydroxylation is 1. The minimum Gasteiger partial charge on any atom is -0.461 e. The van der Waals surface area contributed by atoms with Crippen molar-refractivity contribution in [1.82, 2.24) is 5.32 Å². The summed E-state index contributed by atoms with van der Waals surface area (Å²) in [5.74, 6) is -1.23. The van der Waals surface area contributed by atoms with Crippen LogP contribution in [0, 0.1) is 35.9 Å². The Morgan fingerprint density at radius 1 is 1.24 bits per heavy atom. The number of carbonyl (C=O) groups is 2. The summed E-state index contributed by atoms with van der Waals surface area (Å²) >= 11 is 0. The first-order valence-electron chi connectivity index (χ1n) is 14.5. The van der Waals surface area contributed by atoms with Crippen molar-refractivity contribution in [2.45, 2.75) is 60.1 Å². The predicted molar refractivity (Wildman–Crippen MR) is 159 cm³/mol. The van der Waals surface area contributed by atoms with Crippen LogP contribution in [-0.4, -0.2) is 56.6 Å². The number of ether oxygens (including phenoxy) is 3. The van der Waals surface area contributed by atoms with Gasteiger partial charge >= 0.3 is 5.97 Å². The van der Waals surface area contributed by atoms with Crippen molar-refractivity contribution in [3.8, 4) is 0 Å². The zero-order chi connectivity index (χ0) is 30.0. The SMILES string of the molecule is C=CC(C)(C)C(=O)N[C@H](COCc1cc(C)cc(F)c1)C(C)C1C(COC(=O)C2CCOCC2)=CC=CC1=NCC. The second-order valence-electron chi connectivity index (χ2n) is 11.5. The fourth-order valence-electron chi connectivity index (χ4n) is 5.16. The van der Waals surface area contributed by atoms with Crippen LogP contribution in [0.4, 0.5) is 4.39 Å². The van der Waals surface area contributed by atoms with Crippen molar-refractivity contribution < 1.29 is 28.2 Å². The number of benzene rings is 1. The molecule has 7 nitrogen and oxygen atoms in total. The van der Waals surface area contributed by atoms with Gasteiger partial charge in [0.05, 0.1) is 30.6 Å². The molecule has 3 rings (SSSR count). The molecule has 1 saturated heterocycles. The number of amides is 1. The maximum atomic E-state index is 13.9. The average molecular weight is 569 g/mol. The van der Waals surface area contributed by atoms with Gasteiger partial charge in [0.15, 0.2) is 0 Å². The summed E-state index contributed by atoms with van der Waals surface area (Å²) in [7, 11) is 0. The maximum Gasteiger partial charge on any atom is 0.309 e. The molecule has 0 aromatic heterocycles. The van der Waals surface area contributed by atoms with Gasteiger partial charge in [0.1, 0.15) is 12.4 Å². The highest BCUT2D eigenvalue weighted by atomic mass is 19.1. The molecule has 1 aromatic rings. The van der Waals surface area contributed by atoms with Crippen molar-refractivity contribution in [3.05, 3.63) is 71.6 Å². The Labute approximate surface area is 243 Å². The Balaban J connectivity index is 1.82. The first kappa shape index (κ1) is 32.4. The summed E-state index contributed by atoms with van der Waals surface area (Å²) < 4.78 is 31.2. The first-order chi connectivity index (χ1) is 19.6. The molecule has 41 heavy (non-hydrogen) atoms. The number of nitrogens with zero attached hydrogens (tertiary/aromatic N) is 1. The van der Waals surface area contributed by atoms with Crippen LogP contribution in [0.15, 0.2) is 59.6 Å². The fraction of sp³-hybridized carbons (Fsp3) is 0.545. The Kier molecular flexibility index (Phi) is 12.0. The van der Waals surface area contributed by atoms with Crippen LogP contribution in [0.5, 0.6) is 0 Å². The summed E-state index contributed by atoms with van der Waals surface area (Å²) in [5, 5.41) is 3.18. The molecule has 0 radical (unpaired) electrons. The second-order valence-corrected chi connectivity index (χ2v) is 11.5. The molecule has 8 heteroatoms. The lowest BCUT2D eigenvalue weighted by Crippen LogP contribution is -2.50. The van der Waals surface area contributed by atoms with E-state index in [4.69, 9.17) is 19.2 Å². The zero-order valence-corrected chi connectivity index (χ0v) is 25.1. The van der Waals surface area contributed by atoms with E-state index in [0.29, 0.717) is 32.6 Å². The molecule has 1 heterocycles. The maximum absolute atomic E-state index is 13.9. The molecule has 224 valence electrons. The van der Waals surface area contributed by atoms with E-state index in [9.17, 15) is 14.0 Å². The van der Waals surface area contributed by atoms with Crippen LogP contribution < -0.4 is 5.32 Å². The van der Waals surface area contributed by atoms with Crippen LogP contribution in [0.1, 0.15) is 51.7 Å². The van der Waals surface area contributed by atoms with E-state index in [1.54, 1.807) is 6.08 Å². The molecular formula is C33H45FN2O5. The van der Waals surface area contributed by atoms with Crippen molar-refractivity contribution >= 4 is 17.6 Å². The lowest BCUT2D eigenvalue weighted by molar-refractivity contribution is -0.150. The van der Waals surface area contributed by atoms with Gasteiger partial charge in [-0.3, -0.25) is 14.6 Å². The van der Waals surface area contributed by atoms with Gasteiger partial charge in [-0.1, -0.05) is 31.2 Å². The standard InChI is InChI=1S/C33H45FN2O5/c1-7-33(5,6)32(38)36-29(21-40-19-24-16-22(3)17-27(34)18-24)23(4)30-26(10-9-11-28(30)35-8-2)20-41-31(37)25-12-14-39-15-13-25/h7,9-11,16-18,23,25,29-30H,1,8,12-15,19-21H2,2-6H3,(H,36,38)/t23?,29-,30?/m1/s1. The summed E-state index contributed by atoms with van der Waals surface area (Å²) in [5.41, 5.74) is 2.52. The number of carbonyl (C=O) groups excluding carboxylic acids is 2. The Morgan fingerprint density at radius 2 is 1.98 bits per heavy atom. The van der Waals surface area contributed by atoms with Crippen LogP contribution in [0.2, 0.25) is 0 Å². The van der Waals surface area contributed by atoms with Crippen LogP contribution in [-0.2, 0) is 30.4 Å². The number of esters is 1. The molecule has 2 aliphatic rings. The highest BCUT2D eigenvalue weighted by molar-refractivity contribution is 6.00. The number of allylic oxidation sites excluding steroid dienone is 3. The van der Waals surface area contributed by atoms with E-state index in [1.165, 1.54) is 12.1 Å². The average Bonchev–Trinajstić information content (AvgIpc) is 2.95. The van der Waals surface area contributed by atoms with Crippen molar-refractivity contribution in [1.29, 1.82) is 0 Å². The van der Waals surface area contributed by atoms with E-state index in [0.717, 1.165) is 22.4 Å².